The van der Waals surface area contributed by atoms with Crippen LogP contribution in [0.1, 0.15) is 81.6 Å². The molecule has 2 aliphatic heterocycles. The van der Waals surface area contributed by atoms with Gasteiger partial charge in [-0.05, 0) is 94.2 Å². The van der Waals surface area contributed by atoms with Gasteiger partial charge < -0.3 is 19.6 Å². The molecule has 2 aromatic carbocycles. The fraction of sp³-hybridized carbons (Fsp3) is 0.472. The van der Waals surface area contributed by atoms with Crippen LogP contribution >= 0.6 is 11.3 Å². The second kappa shape index (κ2) is 11.7. The largest absolute Gasteiger partial charge is 0.479 e. The lowest BCUT2D eigenvalue weighted by molar-refractivity contribution is -0.160. The summed E-state index contributed by atoms with van der Waals surface area (Å²) in [6, 6.07) is 11.3. The quantitative estimate of drug-likeness (QED) is 0.230. The van der Waals surface area contributed by atoms with Gasteiger partial charge in [0.05, 0.1) is 21.5 Å². The van der Waals surface area contributed by atoms with Crippen LogP contribution in [0.15, 0.2) is 36.4 Å². The van der Waals surface area contributed by atoms with Crippen LogP contribution in [0.5, 0.6) is 0 Å². The predicted octanol–water partition coefficient (Wildman–Crippen LogP) is 8.24. The van der Waals surface area contributed by atoms with Gasteiger partial charge in [0, 0.05) is 48.7 Å². The van der Waals surface area contributed by atoms with Crippen molar-refractivity contribution in [1.29, 1.82) is 0 Å². The summed E-state index contributed by atoms with van der Waals surface area (Å²) in [5.41, 5.74) is 8.08. The summed E-state index contributed by atoms with van der Waals surface area (Å²) in [4.78, 5) is 27.2. The molecule has 9 heteroatoms. The normalized spacial score (nSPS) is 17.4. The number of aryl methyl sites for hydroxylation is 2. The number of nitrogens with zero attached hydrogens (tertiary/aromatic N) is 4. The maximum absolute atomic E-state index is 13.8. The third-order valence-electron chi connectivity index (χ3n) is 9.09. The lowest BCUT2D eigenvalue weighted by Crippen LogP contribution is -2.39. The molecular weight excluding hydrogens is 587 g/mol. The Morgan fingerprint density at radius 1 is 1.00 bits per heavy atom. The zero-order valence-corrected chi connectivity index (χ0v) is 28.1. The lowest BCUT2D eigenvalue weighted by Gasteiger charge is -2.41. The van der Waals surface area contributed by atoms with Crippen LogP contribution in [-0.4, -0.2) is 46.3 Å². The Morgan fingerprint density at radius 3 is 2.42 bits per heavy atom. The Kier molecular flexibility index (Phi) is 8.14. The van der Waals surface area contributed by atoms with Gasteiger partial charge in [0.1, 0.15) is 5.82 Å². The van der Waals surface area contributed by atoms with Gasteiger partial charge >= 0.3 is 5.97 Å². The number of aromatic nitrogens is 2. The summed E-state index contributed by atoms with van der Waals surface area (Å²) in [6.07, 6.45) is 1.73. The number of carbonyl (C=O) groups is 1. The number of benzene rings is 2. The van der Waals surface area contributed by atoms with Crippen LogP contribution in [0.2, 0.25) is 0 Å². The molecule has 6 rings (SSSR count). The second-order valence-corrected chi connectivity index (χ2v) is 15.3. The second-order valence-electron chi connectivity index (χ2n) is 14.3. The molecule has 0 aliphatic carbocycles. The minimum Gasteiger partial charge on any atom is -0.479 e. The number of hydrogen-bond acceptors (Lipinski definition) is 7. The molecular formula is C36H43FN4O3S. The van der Waals surface area contributed by atoms with E-state index < -0.39 is 17.7 Å². The molecule has 0 bridgehead atoms. The number of rotatable bonds is 6. The van der Waals surface area contributed by atoms with Gasteiger partial charge in [0.2, 0.25) is 0 Å². The van der Waals surface area contributed by atoms with Crippen molar-refractivity contribution in [3.63, 3.8) is 0 Å². The Hall–Kier alpha value is -3.56. The van der Waals surface area contributed by atoms with Crippen molar-refractivity contribution in [3.8, 4) is 11.1 Å². The number of halogens is 1. The average Bonchev–Trinajstić information content (AvgIpc) is 3.38. The lowest BCUT2D eigenvalue weighted by atomic mass is 9.81. The molecule has 2 aromatic heterocycles. The van der Waals surface area contributed by atoms with E-state index >= 15 is 0 Å². The Balaban J connectivity index is 1.42. The fourth-order valence-corrected chi connectivity index (χ4v) is 7.66. The van der Waals surface area contributed by atoms with Gasteiger partial charge in [-0.1, -0.05) is 43.4 Å². The molecule has 7 nitrogen and oxygen atoms in total. The van der Waals surface area contributed by atoms with E-state index in [4.69, 9.17) is 14.7 Å². The number of thiazole rings is 1. The summed E-state index contributed by atoms with van der Waals surface area (Å²) in [7, 11) is 0. The highest BCUT2D eigenvalue weighted by atomic mass is 32.1. The third kappa shape index (κ3) is 6.42. The highest BCUT2D eigenvalue weighted by Gasteiger charge is 2.36. The van der Waals surface area contributed by atoms with Gasteiger partial charge in [-0.25, -0.2) is 14.2 Å². The SMILES string of the molecule is Cc1nc(C)c(C(OC(C)(C)C)C(=O)O)c(N2CCC(C)(C)CC2)c1-c1ccc2c(c1)CCN(c1nc3ccc(F)cc3s1)C2. The van der Waals surface area contributed by atoms with Gasteiger partial charge in [0.25, 0.3) is 0 Å². The average molecular weight is 631 g/mol. The van der Waals surface area contributed by atoms with Crippen LogP contribution in [0.4, 0.5) is 15.2 Å². The smallest absolute Gasteiger partial charge is 0.337 e. The van der Waals surface area contributed by atoms with Crippen molar-refractivity contribution in [2.24, 2.45) is 5.41 Å². The highest BCUT2D eigenvalue weighted by molar-refractivity contribution is 7.22. The highest BCUT2D eigenvalue weighted by Crippen LogP contribution is 2.45. The Bertz CT molecular complexity index is 1770. The summed E-state index contributed by atoms with van der Waals surface area (Å²) in [5, 5.41) is 11.4. The van der Waals surface area contributed by atoms with Crippen molar-refractivity contribution < 1.29 is 19.0 Å². The predicted molar refractivity (Wildman–Crippen MR) is 180 cm³/mol. The molecule has 0 radical (unpaired) electrons. The van der Waals surface area contributed by atoms with Crippen molar-refractivity contribution in [2.45, 2.75) is 86.0 Å². The van der Waals surface area contributed by atoms with Crippen molar-refractivity contribution >= 4 is 38.3 Å². The number of fused-ring (bicyclic) bond motifs is 2. The molecule has 1 saturated heterocycles. The summed E-state index contributed by atoms with van der Waals surface area (Å²) < 4.78 is 20.9. The van der Waals surface area contributed by atoms with Gasteiger partial charge in [-0.3, -0.25) is 4.98 Å². The Morgan fingerprint density at radius 2 is 1.73 bits per heavy atom. The van der Waals surface area contributed by atoms with Crippen LogP contribution in [0.3, 0.4) is 0 Å². The van der Waals surface area contributed by atoms with E-state index in [-0.39, 0.29) is 11.2 Å². The van der Waals surface area contributed by atoms with E-state index in [1.807, 2.05) is 34.6 Å². The van der Waals surface area contributed by atoms with Gasteiger partial charge in [-0.2, -0.15) is 0 Å². The Labute approximate surface area is 269 Å². The first-order valence-corrected chi connectivity index (χ1v) is 16.6. The van der Waals surface area contributed by atoms with Gasteiger partial charge in [-0.15, -0.1) is 0 Å². The first-order chi connectivity index (χ1) is 21.2. The minimum atomic E-state index is -1.14. The monoisotopic (exact) mass is 630 g/mol. The number of ether oxygens (including phenoxy) is 1. The number of pyridine rings is 1. The maximum Gasteiger partial charge on any atom is 0.337 e. The van der Waals surface area contributed by atoms with Crippen LogP contribution in [0.25, 0.3) is 21.3 Å². The minimum absolute atomic E-state index is 0.233. The van der Waals surface area contributed by atoms with Crippen LogP contribution in [-0.2, 0) is 22.5 Å². The van der Waals surface area contributed by atoms with E-state index in [0.29, 0.717) is 11.3 Å². The standard InChI is InChI=1S/C36H43FN4O3S/c1-21-29(24-8-9-25-20-41(15-12-23(25)18-24)34-39-27-11-10-26(37)19-28(27)45-34)31(40-16-13-36(6,7)14-17-40)30(22(2)38-21)32(33(42)43)44-35(3,4)5/h8-11,18-19,32H,12-17,20H2,1-7H3,(H,42,43). The fourth-order valence-electron chi connectivity index (χ4n) is 6.65. The number of piperidine rings is 1. The summed E-state index contributed by atoms with van der Waals surface area (Å²) >= 11 is 1.52. The molecule has 4 aromatic rings. The number of anilines is 2. The summed E-state index contributed by atoms with van der Waals surface area (Å²) in [5.74, 6) is -1.25. The number of carboxylic acid groups (broad SMARTS) is 1. The number of carboxylic acids is 1. The van der Waals surface area contributed by atoms with E-state index in [1.54, 1.807) is 12.1 Å². The molecule has 1 atom stereocenters. The van der Waals surface area contributed by atoms with Crippen molar-refractivity contribution in [3.05, 3.63) is 70.3 Å². The van der Waals surface area contributed by atoms with E-state index in [1.165, 1.54) is 28.5 Å². The molecule has 0 spiro atoms. The summed E-state index contributed by atoms with van der Waals surface area (Å²) in [6.45, 7) is 17.4. The molecule has 1 unspecified atom stereocenters. The topological polar surface area (TPSA) is 78.8 Å². The number of hydrogen-bond donors (Lipinski definition) is 1. The van der Waals surface area contributed by atoms with Crippen molar-refractivity contribution in [2.75, 3.05) is 29.4 Å². The first kappa shape index (κ1) is 31.4. The van der Waals surface area contributed by atoms with Crippen LogP contribution < -0.4 is 9.80 Å². The molecule has 4 heterocycles. The maximum atomic E-state index is 13.8. The molecule has 1 N–H and O–H groups in total. The molecule has 238 valence electrons. The molecule has 45 heavy (non-hydrogen) atoms. The van der Waals surface area contributed by atoms with Gasteiger partial charge in [0.15, 0.2) is 11.2 Å². The number of aliphatic carboxylic acids is 1. The first-order valence-electron chi connectivity index (χ1n) is 15.8. The van der Waals surface area contributed by atoms with E-state index in [2.05, 4.69) is 41.8 Å². The third-order valence-corrected chi connectivity index (χ3v) is 10.2. The zero-order chi connectivity index (χ0) is 32.3. The zero-order valence-electron chi connectivity index (χ0n) is 27.3. The van der Waals surface area contributed by atoms with Crippen molar-refractivity contribution in [1.82, 2.24) is 9.97 Å². The molecule has 2 aliphatic rings. The molecule has 0 saturated carbocycles. The molecule has 0 amide bonds. The van der Waals surface area contributed by atoms with Crippen LogP contribution in [0, 0.1) is 25.1 Å². The van der Waals surface area contributed by atoms with E-state index in [0.717, 1.165) is 83.3 Å². The molecule has 1 fully saturated rings. The van der Waals surface area contributed by atoms with E-state index in [9.17, 15) is 14.3 Å².